The number of benzene rings is 2. The number of hydrogen-bond acceptors (Lipinski definition) is 3. The number of carbonyl (C=O) groups is 1. The number of nitro groups is 1. The second-order valence-electron chi connectivity index (χ2n) is 5.52. The molecule has 0 aromatic heterocycles. The number of nitrogens with zero attached hydrogens (tertiary/aromatic N) is 1. The summed E-state index contributed by atoms with van der Waals surface area (Å²) in [6, 6.07) is 10.9. The van der Waals surface area contributed by atoms with Crippen LogP contribution in [0.4, 0.5) is 5.69 Å². The number of aromatic carboxylic acids is 1. The van der Waals surface area contributed by atoms with Crippen LogP contribution in [0.5, 0.6) is 0 Å². The van der Waals surface area contributed by atoms with Gasteiger partial charge in [-0.05, 0) is 48.4 Å². The molecule has 0 heterocycles. The highest BCUT2D eigenvalue weighted by atomic mass is 16.6. The normalized spacial score (nSPS) is 13.5. The molecule has 0 radical (unpaired) electrons. The molecule has 4 bridgehead atoms. The summed E-state index contributed by atoms with van der Waals surface area (Å²) in [5.74, 6) is -0.947. The maximum absolute atomic E-state index is 11.4. The molecular weight excluding hydrogens is 282 g/mol. The summed E-state index contributed by atoms with van der Waals surface area (Å²) >= 11 is 0. The number of carboxylic acids is 1. The molecule has 5 nitrogen and oxygen atoms in total. The van der Waals surface area contributed by atoms with Crippen molar-refractivity contribution in [2.24, 2.45) is 0 Å². The predicted molar refractivity (Wildman–Crippen MR) is 81.3 cm³/mol. The first-order chi connectivity index (χ1) is 10.5. The Morgan fingerprint density at radius 2 is 1.55 bits per heavy atom. The molecule has 1 N–H and O–H groups in total. The van der Waals surface area contributed by atoms with Gasteiger partial charge in [-0.1, -0.05) is 24.3 Å². The third-order valence-electron chi connectivity index (χ3n) is 4.12. The Morgan fingerprint density at radius 3 is 2.18 bits per heavy atom. The lowest BCUT2D eigenvalue weighted by Gasteiger charge is -2.12. The van der Waals surface area contributed by atoms with Gasteiger partial charge in [-0.15, -0.1) is 0 Å². The molecule has 22 heavy (non-hydrogen) atoms. The van der Waals surface area contributed by atoms with Crippen molar-refractivity contribution >= 4 is 11.7 Å². The largest absolute Gasteiger partial charge is 0.478 e. The number of aryl methyl sites for hydroxylation is 4. The number of rotatable bonds is 2. The van der Waals surface area contributed by atoms with E-state index in [0.29, 0.717) is 36.8 Å². The van der Waals surface area contributed by atoms with Gasteiger partial charge in [-0.25, -0.2) is 4.79 Å². The average Bonchev–Trinajstić information content (AvgIpc) is 2.49. The molecule has 0 saturated carbocycles. The van der Waals surface area contributed by atoms with E-state index in [1.54, 1.807) is 18.2 Å². The molecule has 0 atom stereocenters. The van der Waals surface area contributed by atoms with Crippen LogP contribution in [-0.2, 0) is 25.7 Å². The standard InChI is InChI=1S/C17H15NO4/c19-17(20)15-9-11-1-2-12-4-6-14(16(10-12)18(21)22)8-7-13(15)5-3-11/h3-6,9-10H,1-2,7-8H2,(H,19,20). The molecule has 0 unspecified atom stereocenters. The summed E-state index contributed by atoms with van der Waals surface area (Å²) in [6.45, 7) is 0. The van der Waals surface area contributed by atoms with E-state index in [1.807, 2.05) is 18.2 Å². The fourth-order valence-corrected chi connectivity index (χ4v) is 2.90. The van der Waals surface area contributed by atoms with Crippen molar-refractivity contribution in [1.82, 2.24) is 0 Å². The molecule has 0 amide bonds. The van der Waals surface area contributed by atoms with Crippen LogP contribution in [0.2, 0.25) is 0 Å². The van der Waals surface area contributed by atoms with Crippen LogP contribution >= 0.6 is 0 Å². The van der Waals surface area contributed by atoms with Crippen molar-refractivity contribution in [3.05, 3.63) is 74.3 Å². The Bertz CT molecular complexity index is 702. The van der Waals surface area contributed by atoms with Gasteiger partial charge in [-0.2, -0.15) is 0 Å². The van der Waals surface area contributed by atoms with E-state index in [0.717, 1.165) is 16.7 Å². The molecule has 2 aromatic rings. The van der Waals surface area contributed by atoms with Gasteiger partial charge in [0.05, 0.1) is 10.5 Å². The van der Waals surface area contributed by atoms with Crippen LogP contribution in [-0.4, -0.2) is 16.0 Å². The number of nitro benzene ring substituents is 1. The quantitative estimate of drug-likeness (QED) is 0.682. The fourth-order valence-electron chi connectivity index (χ4n) is 2.90. The van der Waals surface area contributed by atoms with Gasteiger partial charge in [-0.3, -0.25) is 10.1 Å². The second kappa shape index (κ2) is 5.60. The smallest absolute Gasteiger partial charge is 0.335 e. The van der Waals surface area contributed by atoms with Gasteiger partial charge < -0.3 is 5.11 Å². The van der Waals surface area contributed by atoms with Gasteiger partial charge in [0.2, 0.25) is 0 Å². The molecule has 0 spiro atoms. The monoisotopic (exact) mass is 297 g/mol. The van der Waals surface area contributed by atoms with E-state index < -0.39 is 5.97 Å². The van der Waals surface area contributed by atoms with Crippen molar-refractivity contribution in [1.29, 1.82) is 0 Å². The molecule has 0 fully saturated rings. The first kappa shape index (κ1) is 14.3. The minimum Gasteiger partial charge on any atom is -0.478 e. The minimum atomic E-state index is -0.947. The summed E-state index contributed by atoms with van der Waals surface area (Å²) in [5.41, 5.74) is 3.63. The Morgan fingerprint density at radius 1 is 0.955 bits per heavy atom. The topological polar surface area (TPSA) is 80.4 Å². The van der Waals surface area contributed by atoms with Crippen molar-refractivity contribution < 1.29 is 14.8 Å². The lowest BCUT2D eigenvalue weighted by atomic mass is 9.92. The maximum atomic E-state index is 11.4. The van der Waals surface area contributed by atoms with E-state index in [4.69, 9.17) is 0 Å². The Kier molecular flexibility index (Phi) is 3.63. The van der Waals surface area contributed by atoms with E-state index in [1.165, 1.54) is 0 Å². The van der Waals surface area contributed by atoms with Crippen molar-refractivity contribution in [3.63, 3.8) is 0 Å². The predicted octanol–water partition coefficient (Wildman–Crippen LogP) is 3.18. The minimum absolute atomic E-state index is 0.129. The summed E-state index contributed by atoms with van der Waals surface area (Å²) in [7, 11) is 0. The third-order valence-corrected chi connectivity index (χ3v) is 4.12. The summed E-state index contributed by atoms with van der Waals surface area (Å²) < 4.78 is 0. The SMILES string of the molecule is O=C(O)c1cc2ccc1CCc1ccc(cc1[N+](=O)[O-])CC2. The van der Waals surface area contributed by atoms with Crippen LogP contribution in [0.25, 0.3) is 0 Å². The van der Waals surface area contributed by atoms with E-state index in [2.05, 4.69) is 0 Å². The summed E-state index contributed by atoms with van der Waals surface area (Å²) in [5, 5.41) is 20.6. The van der Waals surface area contributed by atoms with Crippen LogP contribution in [0.15, 0.2) is 36.4 Å². The molecule has 5 heteroatoms. The molecule has 0 aliphatic heterocycles. The molecule has 4 aliphatic rings. The first-order valence-corrected chi connectivity index (χ1v) is 7.16. The molecule has 6 rings (SSSR count). The Balaban J connectivity index is 2.08. The lowest BCUT2D eigenvalue weighted by molar-refractivity contribution is -0.385. The van der Waals surface area contributed by atoms with Crippen LogP contribution < -0.4 is 0 Å². The van der Waals surface area contributed by atoms with Gasteiger partial charge in [0.25, 0.3) is 5.69 Å². The van der Waals surface area contributed by atoms with Crippen LogP contribution in [0.1, 0.15) is 32.6 Å². The Labute approximate surface area is 127 Å². The van der Waals surface area contributed by atoms with Gasteiger partial charge in [0.1, 0.15) is 0 Å². The fraction of sp³-hybridized carbons (Fsp3) is 0.235. The van der Waals surface area contributed by atoms with E-state index >= 15 is 0 Å². The molecule has 112 valence electrons. The highest BCUT2D eigenvalue weighted by molar-refractivity contribution is 5.89. The molecular formula is C17H15NO4. The lowest BCUT2D eigenvalue weighted by Crippen LogP contribution is -2.08. The van der Waals surface area contributed by atoms with Crippen LogP contribution in [0, 0.1) is 10.1 Å². The second-order valence-corrected chi connectivity index (χ2v) is 5.52. The molecule has 2 aromatic carbocycles. The highest BCUT2D eigenvalue weighted by Crippen LogP contribution is 2.25. The summed E-state index contributed by atoms with van der Waals surface area (Å²) in [4.78, 5) is 22.3. The van der Waals surface area contributed by atoms with Crippen molar-refractivity contribution in [2.45, 2.75) is 25.7 Å². The van der Waals surface area contributed by atoms with Crippen molar-refractivity contribution in [3.8, 4) is 0 Å². The van der Waals surface area contributed by atoms with E-state index in [9.17, 15) is 20.0 Å². The average molecular weight is 297 g/mol. The number of hydrogen-bond donors (Lipinski definition) is 1. The zero-order valence-electron chi connectivity index (χ0n) is 11.9. The van der Waals surface area contributed by atoms with Gasteiger partial charge in [0.15, 0.2) is 0 Å². The number of carboxylic acid groups (broad SMARTS) is 1. The summed E-state index contributed by atoms with van der Waals surface area (Å²) in [6.07, 6.45) is 2.24. The van der Waals surface area contributed by atoms with Gasteiger partial charge in [0, 0.05) is 11.6 Å². The Hall–Kier alpha value is -2.69. The maximum Gasteiger partial charge on any atom is 0.335 e. The van der Waals surface area contributed by atoms with Crippen molar-refractivity contribution in [2.75, 3.05) is 0 Å². The van der Waals surface area contributed by atoms with Gasteiger partial charge >= 0.3 is 5.97 Å². The van der Waals surface area contributed by atoms with E-state index in [-0.39, 0.29) is 10.6 Å². The third kappa shape index (κ3) is 2.70. The highest BCUT2D eigenvalue weighted by Gasteiger charge is 2.18. The van der Waals surface area contributed by atoms with Crippen LogP contribution in [0.3, 0.4) is 0 Å². The molecule has 4 aliphatic carbocycles. The zero-order valence-corrected chi connectivity index (χ0v) is 11.9. The zero-order chi connectivity index (χ0) is 15.7. The first-order valence-electron chi connectivity index (χ1n) is 7.16. The molecule has 0 saturated heterocycles.